The summed E-state index contributed by atoms with van der Waals surface area (Å²) < 4.78 is 0. The molecule has 1 atom stereocenters. The van der Waals surface area contributed by atoms with Gasteiger partial charge in [-0.3, -0.25) is 4.79 Å². The third-order valence-corrected chi connectivity index (χ3v) is 2.87. The number of hydrogen-bond donors (Lipinski definition) is 1. The first-order valence-corrected chi connectivity index (χ1v) is 5.96. The van der Waals surface area contributed by atoms with Gasteiger partial charge in [0.05, 0.1) is 0 Å². The Morgan fingerprint density at radius 3 is 2.33 bits per heavy atom. The van der Waals surface area contributed by atoms with E-state index >= 15 is 0 Å². The zero-order valence-corrected chi connectivity index (χ0v) is 10.8. The summed E-state index contributed by atoms with van der Waals surface area (Å²) in [7, 11) is 3.92. The Hall–Kier alpha value is -1.68. The summed E-state index contributed by atoms with van der Waals surface area (Å²) in [6.07, 6.45) is 0.837. The number of aliphatic carboxylic acids is 1. The van der Waals surface area contributed by atoms with Crippen molar-refractivity contribution in [3.63, 3.8) is 0 Å². The number of ketones is 1. The SMILES string of the molecule is CN(C)CCC(CC(=O)C(=O)O)c1ccccc1. The van der Waals surface area contributed by atoms with Crippen molar-refractivity contribution in [2.75, 3.05) is 20.6 Å². The molecule has 4 heteroatoms. The molecule has 4 nitrogen and oxygen atoms in total. The maximum atomic E-state index is 11.4. The topological polar surface area (TPSA) is 57.6 Å². The lowest BCUT2D eigenvalue weighted by Gasteiger charge is -2.18. The molecule has 0 aliphatic heterocycles. The maximum Gasteiger partial charge on any atom is 0.372 e. The molecule has 1 unspecified atom stereocenters. The summed E-state index contributed by atoms with van der Waals surface area (Å²) in [5, 5.41) is 8.70. The molecule has 0 aromatic heterocycles. The summed E-state index contributed by atoms with van der Waals surface area (Å²) in [4.78, 5) is 24.0. The number of carboxylic acid groups (broad SMARTS) is 1. The van der Waals surface area contributed by atoms with Crippen molar-refractivity contribution in [1.82, 2.24) is 4.90 Å². The summed E-state index contributed by atoms with van der Waals surface area (Å²) in [5.41, 5.74) is 1.02. The molecule has 1 aromatic rings. The van der Waals surface area contributed by atoms with E-state index in [2.05, 4.69) is 0 Å². The minimum absolute atomic E-state index is 0.0304. The van der Waals surface area contributed by atoms with Gasteiger partial charge in [0.2, 0.25) is 5.78 Å². The molecule has 0 saturated heterocycles. The van der Waals surface area contributed by atoms with Crippen LogP contribution in [0.2, 0.25) is 0 Å². The van der Waals surface area contributed by atoms with Gasteiger partial charge in [-0.25, -0.2) is 4.79 Å². The van der Waals surface area contributed by atoms with E-state index in [1.807, 2.05) is 49.3 Å². The molecule has 0 bridgehead atoms. The molecule has 0 aliphatic carbocycles. The van der Waals surface area contributed by atoms with Crippen molar-refractivity contribution in [2.24, 2.45) is 0 Å². The molecule has 0 heterocycles. The van der Waals surface area contributed by atoms with E-state index in [0.717, 1.165) is 18.5 Å². The van der Waals surface area contributed by atoms with E-state index in [9.17, 15) is 9.59 Å². The van der Waals surface area contributed by atoms with E-state index < -0.39 is 11.8 Å². The standard InChI is InChI=1S/C14H19NO3/c1-15(2)9-8-12(10-13(16)14(17)18)11-6-4-3-5-7-11/h3-7,12H,8-10H2,1-2H3,(H,17,18). The molecule has 1 aromatic carbocycles. The molecule has 98 valence electrons. The highest BCUT2D eigenvalue weighted by Gasteiger charge is 2.20. The highest BCUT2D eigenvalue weighted by Crippen LogP contribution is 2.23. The van der Waals surface area contributed by atoms with Crippen molar-refractivity contribution in [2.45, 2.75) is 18.8 Å². The zero-order valence-electron chi connectivity index (χ0n) is 10.8. The fourth-order valence-electron chi connectivity index (χ4n) is 1.84. The minimum atomic E-state index is -1.35. The van der Waals surface area contributed by atoms with E-state index in [-0.39, 0.29) is 12.3 Å². The number of Topliss-reactive ketones (excluding diaryl/α,β-unsaturated/α-hetero) is 1. The van der Waals surface area contributed by atoms with Gasteiger partial charge in [-0.1, -0.05) is 30.3 Å². The van der Waals surface area contributed by atoms with E-state index in [1.165, 1.54) is 0 Å². The highest BCUT2D eigenvalue weighted by molar-refractivity contribution is 6.32. The summed E-state index contributed by atoms with van der Waals surface area (Å²) in [6.45, 7) is 0.826. The predicted molar refractivity (Wildman–Crippen MR) is 69.6 cm³/mol. The van der Waals surface area contributed by atoms with Crippen LogP contribution in [0.25, 0.3) is 0 Å². The Morgan fingerprint density at radius 2 is 1.83 bits per heavy atom. The Kier molecular flexibility index (Phi) is 5.52. The van der Waals surface area contributed by atoms with Crippen LogP contribution in [0.3, 0.4) is 0 Å². The zero-order chi connectivity index (χ0) is 13.5. The van der Waals surface area contributed by atoms with Crippen molar-refractivity contribution in [1.29, 1.82) is 0 Å². The molecular weight excluding hydrogens is 230 g/mol. The first kappa shape index (κ1) is 14.4. The number of carboxylic acids is 1. The summed E-state index contributed by atoms with van der Waals surface area (Å²) >= 11 is 0. The lowest BCUT2D eigenvalue weighted by molar-refractivity contribution is -0.149. The molecule has 1 rings (SSSR count). The van der Waals surface area contributed by atoms with Gasteiger partial charge < -0.3 is 10.0 Å². The smallest absolute Gasteiger partial charge is 0.372 e. The number of carbonyl (C=O) groups excluding carboxylic acids is 1. The van der Waals surface area contributed by atoms with Gasteiger partial charge >= 0.3 is 5.97 Å². The van der Waals surface area contributed by atoms with Gasteiger partial charge in [0.1, 0.15) is 0 Å². The Morgan fingerprint density at radius 1 is 1.22 bits per heavy atom. The van der Waals surface area contributed by atoms with Gasteiger partial charge in [0, 0.05) is 6.42 Å². The highest BCUT2D eigenvalue weighted by atomic mass is 16.4. The summed E-state index contributed by atoms with van der Waals surface area (Å²) in [5.74, 6) is -2.10. The maximum absolute atomic E-state index is 11.4. The van der Waals surface area contributed by atoms with Gasteiger partial charge in [-0.2, -0.15) is 0 Å². The van der Waals surface area contributed by atoms with Crippen LogP contribution in [0.4, 0.5) is 0 Å². The molecule has 0 fully saturated rings. The molecule has 0 saturated carbocycles. The Labute approximate surface area is 107 Å². The number of hydrogen-bond acceptors (Lipinski definition) is 3. The van der Waals surface area contributed by atoms with Crippen LogP contribution in [0.15, 0.2) is 30.3 Å². The molecule has 0 spiro atoms. The monoisotopic (exact) mass is 249 g/mol. The number of rotatable bonds is 7. The lowest BCUT2D eigenvalue weighted by atomic mass is 9.90. The number of nitrogens with zero attached hydrogens (tertiary/aromatic N) is 1. The van der Waals surface area contributed by atoms with Crippen LogP contribution in [-0.2, 0) is 9.59 Å². The van der Waals surface area contributed by atoms with Crippen LogP contribution < -0.4 is 0 Å². The van der Waals surface area contributed by atoms with Gasteiger partial charge in [-0.15, -0.1) is 0 Å². The van der Waals surface area contributed by atoms with E-state index in [4.69, 9.17) is 5.11 Å². The second-order valence-electron chi connectivity index (χ2n) is 4.63. The van der Waals surface area contributed by atoms with Gasteiger partial charge in [-0.05, 0) is 38.5 Å². The molecule has 0 aliphatic rings. The van der Waals surface area contributed by atoms with E-state index in [1.54, 1.807) is 0 Å². The molecular formula is C14H19NO3. The largest absolute Gasteiger partial charge is 0.476 e. The predicted octanol–water partition coefficient (Wildman–Crippen LogP) is 1.77. The van der Waals surface area contributed by atoms with Gasteiger partial charge in [0.15, 0.2) is 0 Å². The van der Waals surface area contributed by atoms with E-state index in [0.29, 0.717) is 0 Å². The fraction of sp³-hybridized carbons (Fsp3) is 0.429. The average Bonchev–Trinajstić information content (AvgIpc) is 2.34. The average molecular weight is 249 g/mol. The Bertz CT molecular complexity index is 401. The van der Waals surface area contributed by atoms with Crippen LogP contribution in [0.5, 0.6) is 0 Å². The first-order valence-electron chi connectivity index (χ1n) is 5.96. The minimum Gasteiger partial charge on any atom is -0.476 e. The van der Waals surface area contributed by atoms with Crippen molar-refractivity contribution in [3.05, 3.63) is 35.9 Å². The lowest BCUT2D eigenvalue weighted by Crippen LogP contribution is -2.20. The second kappa shape index (κ2) is 6.91. The second-order valence-corrected chi connectivity index (χ2v) is 4.63. The normalized spacial score (nSPS) is 12.4. The van der Waals surface area contributed by atoms with Crippen LogP contribution >= 0.6 is 0 Å². The Balaban J connectivity index is 2.75. The third-order valence-electron chi connectivity index (χ3n) is 2.87. The molecule has 18 heavy (non-hydrogen) atoms. The fourth-order valence-corrected chi connectivity index (χ4v) is 1.84. The van der Waals surface area contributed by atoms with Gasteiger partial charge in [0.25, 0.3) is 0 Å². The number of carbonyl (C=O) groups is 2. The molecule has 1 N–H and O–H groups in total. The van der Waals surface area contributed by atoms with Crippen molar-refractivity contribution in [3.8, 4) is 0 Å². The first-order chi connectivity index (χ1) is 8.50. The summed E-state index contributed by atoms with van der Waals surface area (Å²) in [6, 6.07) is 9.60. The van der Waals surface area contributed by atoms with Crippen LogP contribution in [0.1, 0.15) is 24.3 Å². The van der Waals surface area contributed by atoms with Crippen LogP contribution in [0, 0.1) is 0 Å². The van der Waals surface area contributed by atoms with Crippen molar-refractivity contribution < 1.29 is 14.7 Å². The van der Waals surface area contributed by atoms with Crippen molar-refractivity contribution >= 4 is 11.8 Å². The quantitative estimate of drug-likeness (QED) is 0.748. The third kappa shape index (κ3) is 4.67. The number of benzene rings is 1. The molecule has 0 amide bonds. The van der Waals surface area contributed by atoms with Crippen LogP contribution in [-0.4, -0.2) is 42.4 Å². The molecule has 0 radical (unpaired) electrons.